The molecule has 0 saturated heterocycles. The largest absolute Gasteiger partial charge is 0.356 e. The second kappa shape index (κ2) is 8.60. The molecule has 136 valence electrons. The number of sulfonamides is 1. The van der Waals surface area contributed by atoms with Gasteiger partial charge in [0.15, 0.2) is 0 Å². The van der Waals surface area contributed by atoms with Crippen LogP contribution in [-0.4, -0.2) is 27.4 Å². The van der Waals surface area contributed by atoms with Gasteiger partial charge in [0.1, 0.15) is 0 Å². The van der Waals surface area contributed by atoms with Crippen LogP contribution in [0.1, 0.15) is 28.0 Å². The molecule has 1 aromatic heterocycles. The summed E-state index contributed by atoms with van der Waals surface area (Å²) in [5, 5.41) is 4.81. The van der Waals surface area contributed by atoms with Gasteiger partial charge in [0, 0.05) is 24.4 Å². The molecule has 5 nitrogen and oxygen atoms in total. The summed E-state index contributed by atoms with van der Waals surface area (Å²) in [6.07, 6.45) is 0.907. The van der Waals surface area contributed by atoms with E-state index in [0.29, 0.717) is 22.6 Å². The summed E-state index contributed by atoms with van der Waals surface area (Å²) < 4.78 is 27.5. The van der Waals surface area contributed by atoms with Crippen LogP contribution >= 0.6 is 11.3 Å². The first-order valence-electron chi connectivity index (χ1n) is 8.16. The van der Waals surface area contributed by atoms with Crippen molar-refractivity contribution in [1.82, 2.24) is 10.0 Å². The highest BCUT2D eigenvalue weighted by atomic mass is 32.2. The Kier molecular flexibility index (Phi) is 6.75. The Balaban J connectivity index is 1.83. The standard InChI is InChI=1S/C18H24N2O3S2/c1-13-11-14(2)18(15(3)12-13)25(22,23)20-9-7-17(21)19-8-6-16-5-4-10-24-16/h4-5,10-12,20H,6-9H2,1-3H3,(H,19,21). The van der Waals surface area contributed by atoms with Gasteiger partial charge in [-0.1, -0.05) is 23.8 Å². The third-order valence-electron chi connectivity index (χ3n) is 3.79. The Morgan fingerprint density at radius 1 is 1.12 bits per heavy atom. The topological polar surface area (TPSA) is 75.3 Å². The first-order valence-corrected chi connectivity index (χ1v) is 10.5. The molecule has 1 amide bonds. The van der Waals surface area contributed by atoms with Crippen molar-refractivity contribution in [3.05, 3.63) is 51.2 Å². The van der Waals surface area contributed by atoms with Crippen LogP contribution in [0, 0.1) is 20.8 Å². The molecular formula is C18H24N2O3S2. The number of rotatable bonds is 8. The van der Waals surface area contributed by atoms with Gasteiger partial charge in [0.2, 0.25) is 15.9 Å². The van der Waals surface area contributed by atoms with Gasteiger partial charge >= 0.3 is 0 Å². The maximum Gasteiger partial charge on any atom is 0.241 e. The predicted molar refractivity (Wildman–Crippen MR) is 101 cm³/mol. The maximum atomic E-state index is 12.5. The van der Waals surface area contributed by atoms with E-state index < -0.39 is 10.0 Å². The molecular weight excluding hydrogens is 356 g/mol. The summed E-state index contributed by atoms with van der Waals surface area (Å²) in [7, 11) is -3.62. The number of hydrogen-bond donors (Lipinski definition) is 2. The predicted octanol–water partition coefficient (Wildman–Crippen LogP) is 2.70. The van der Waals surface area contributed by atoms with Crippen LogP contribution in [0.3, 0.4) is 0 Å². The normalized spacial score (nSPS) is 11.5. The third kappa shape index (κ3) is 5.66. The second-order valence-electron chi connectivity index (χ2n) is 6.05. The summed E-state index contributed by atoms with van der Waals surface area (Å²) in [6, 6.07) is 7.69. The van der Waals surface area contributed by atoms with Gasteiger partial charge in [-0.05, 0) is 49.8 Å². The number of carbonyl (C=O) groups excluding carboxylic acids is 1. The molecule has 0 aliphatic rings. The smallest absolute Gasteiger partial charge is 0.241 e. The van der Waals surface area contributed by atoms with Crippen molar-refractivity contribution in [3.8, 4) is 0 Å². The van der Waals surface area contributed by atoms with Crippen LogP contribution in [0.15, 0.2) is 34.5 Å². The van der Waals surface area contributed by atoms with Gasteiger partial charge in [-0.3, -0.25) is 4.79 Å². The molecule has 0 unspecified atom stereocenters. The fraction of sp³-hybridized carbons (Fsp3) is 0.389. The van der Waals surface area contributed by atoms with E-state index in [0.717, 1.165) is 12.0 Å². The zero-order valence-corrected chi connectivity index (χ0v) is 16.4. The molecule has 0 spiro atoms. The molecule has 0 aliphatic carbocycles. The quantitative estimate of drug-likeness (QED) is 0.739. The van der Waals surface area contributed by atoms with Crippen molar-refractivity contribution < 1.29 is 13.2 Å². The minimum atomic E-state index is -3.62. The van der Waals surface area contributed by atoms with Crippen LogP contribution in [0.5, 0.6) is 0 Å². The first kappa shape index (κ1) is 19.6. The van der Waals surface area contributed by atoms with E-state index in [4.69, 9.17) is 0 Å². The third-order valence-corrected chi connectivity index (χ3v) is 6.49. The Hall–Kier alpha value is -1.70. The molecule has 0 aliphatic heterocycles. The molecule has 0 atom stereocenters. The van der Waals surface area contributed by atoms with E-state index >= 15 is 0 Å². The van der Waals surface area contributed by atoms with E-state index in [1.54, 1.807) is 25.2 Å². The first-order chi connectivity index (χ1) is 11.8. The highest BCUT2D eigenvalue weighted by Crippen LogP contribution is 2.21. The van der Waals surface area contributed by atoms with E-state index in [9.17, 15) is 13.2 Å². The van der Waals surface area contributed by atoms with Crippen molar-refractivity contribution in [3.63, 3.8) is 0 Å². The average molecular weight is 381 g/mol. The zero-order chi connectivity index (χ0) is 18.4. The summed E-state index contributed by atoms with van der Waals surface area (Å²) in [4.78, 5) is 13.3. The molecule has 0 saturated carbocycles. The van der Waals surface area contributed by atoms with Crippen LogP contribution in [0.4, 0.5) is 0 Å². The van der Waals surface area contributed by atoms with Gasteiger partial charge < -0.3 is 5.32 Å². The van der Waals surface area contributed by atoms with E-state index in [-0.39, 0.29) is 18.9 Å². The molecule has 2 rings (SSSR count). The number of aryl methyl sites for hydroxylation is 3. The molecule has 7 heteroatoms. The average Bonchev–Trinajstić information content (AvgIpc) is 2.98. The molecule has 25 heavy (non-hydrogen) atoms. The Bertz CT molecular complexity index is 805. The molecule has 2 N–H and O–H groups in total. The molecule has 2 aromatic rings. The monoisotopic (exact) mass is 380 g/mol. The van der Waals surface area contributed by atoms with Crippen molar-refractivity contribution in [2.24, 2.45) is 0 Å². The minimum Gasteiger partial charge on any atom is -0.356 e. The lowest BCUT2D eigenvalue weighted by molar-refractivity contribution is -0.120. The van der Waals surface area contributed by atoms with Gasteiger partial charge in [-0.15, -0.1) is 11.3 Å². The number of thiophene rings is 1. The number of hydrogen-bond acceptors (Lipinski definition) is 4. The number of amides is 1. The van der Waals surface area contributed by atoms with Gasteiger partial charge in [-0.25, -0.2) is 13.1 Å². The van der Waals surface area contributed by atoms with E-state index in [2.05, 4.69) is 10.0 Å². The zero-order valence-electron chi connectivity index (χ0n) is 14.8. The molecule has 0 bridgehead atoms. The SMILES string of the molecule is Cc1cc(C)c(S(=O)(=O)NCCC(=O)NCCc2cccs2)c(C)c1. The van der Waals surface area contributed by atoms with Crippen molar-refractivity contribution >= 4 is 27.3 Å². The Morgan fingerprint density at radius 2 is 1.80 bits per heavy atom. The number of benzene rings is 1. The van der Waals surface area contributed by atoms with Crippen LogP contribution in [0.2, 0.25) is 0 Å². The fourth-order valence-electron chi connectivity index (χ4n) is 2.83. The van der Waals surface area contributed by atoms with Crippen molar-refractivity contribution in [2.45, 2.75) is 38.5 Å². The van der Waals surface area contributed by atoms with E-state index in [1.165, 1.54) is 4.88 Å². The maximum absolute atomic E-state index is 12.5. The Morgan fingerprint density at radius 3 is 2.40 bits per heavy atom. The number of carbonyl (C=O) groups is 1. The van der Waals surface area contributed by atoms with Crippen LogP contribution in [-0.2, 0) is 21.2 Å². The van der Waals surface area contributed by atoms with Crippen LogP contribution < -0.4 is 10.0 Å². The summed E-state index contributed by atoms with van der Waals surface area (Å²) in [5.41, 5.74) is 2.45. The Labute approximate surface area is 153 Å². The molecule has 0 radical (unpaired) electrons. The highest BCUT2D eigenvalue weighted by molar-refractivity contribution is 7.89. The summed E-state index contributed by atoms with van der Waals surface area (Å²) in [6.45, 7) is 6.14. The van der Waals surface area contributed by atoms with Crippen LogP contribution in [0.25, 0.3) is 0 Å². The van der Waals surface area contributed by atoms with Crippen molar-refractivity contribution in [2.75, 3.05) is 13.1 Å². The summed E-state index contributed by atoms with van der Waals surface area (Å²) >= 11 is 1.65. The molecule has 1 aromatic carbocycles. The lowest BCUT2D eigenvalue weighted by Crippen LogP contribution is -2.32. The van der Waals surface area contributed by atoms with E-state index in [1.807, 2.05) is 36.6 Å². The van der Waals surface area contributed by atoms with Gasteiger partial charge in [0.05, 0.1) is 4.90 Å². The summed E-state index contributed by atoms with van der Waals surface area (Å²) in [5.74, 6) is -0.156. The fourth-order valence-corrected chi connectivity index (χ4v) is 5.02. The minimum absolute atomic E-state index is 0.0833. The highest BCUT2D eigenvalue weighted by Gasteiger charge is 2.19. The molecule has 1 heterocycles. The van der Waals surface area contributed by atoms with Gasteiger partial charge in [0.25, 0.3) is 0 Å². The lowest BCUT2D eigenvalue weighted by Gasteiger charge is -2.13. The lowest BCUT2D eigenvalue weighted by atomic mass is 10.1. The second-order valence-corrected chi connectivity index (χ2v) is 8.79. The molecule has 0 fully saturated rings. The number of nitrogens with one attached hydrogen (secondary N) is 2. The van der Waals surface area contributed by atoms with Crippen molar-refractivity contribution in [1.29, 1.82) is 0 Å². The van der Waals surface area contributed by atoms with Gasteiger partial charge in [-0.2, -0.15) is 0 Å².